The number of methoxy groups -OCH3 is 1. The van der Waals surface area contributed by atoms with E-state index in [1.807, 2.05) is 37.3 Å². The van der Waals surface area contributed by atoms with Gasteiger partial charge in [0, 0.05) is 5.54 Å². The van der Waals surface area contributed by atoms with Gasteiger partial charge in [0.05, 0.1) is 7.11 Å². The van der Waals surface area contributed by atoms with E-state index in [9.17, 15) is 4.39 Å². The fourth-order valence-electron chi connectivity index (χ4n) is 2.18. The molecule has 2 N–H and O–H groups in total. The van der Waals surface area contributed by atoms with Gasteiger partial charge in [-0.05, 0) is 55.2 Å². The van der Waals surface area contributed by atoms with Gasteiger partial charge < -0.3 is 10.5 Å². The summed E-state index contributed by atoms with van der Waals surface area (Å²) in [6, 6.07) is 14.4. The van der Waals surface area contributed by atoms with Crippen molar-refractivity contribution in [2.24, 2.45) is 5.73 Å². The number of nitrogens with two attached hydrogens (primary N) is 1. The lowest BCUT2D eigenvalue weighted by Gasteiger charge is -2.25. The summed E-state index contributed by atoms with van der Waals surface area (Å²) in [5, 5.41) is 0. The zero-order valence-electron chi connectivity index (χ0n) is 11.9. The standard InChI is InChI=1S/C17H20FNO/c1-17(19,14-4-3-5-15(18)12-14)11-10-13-6-8-16(20-2)9-7-13/h3-9,12H,10-11,19H2,1-2H3. The Hall–Kier alpha value is -1.87. The first-order chi connectivity index (χ1) is 9.51. The molecular formula is C17H20FNO. The highest BCUT2D eigenvalue weighted by Crippen LogP contribution is 2.24. The number of benzene rings is 2. The predicted molar refractivity (Wildman–Crippen MR) is 79.3 cm³/mol. The van der Waals surface area contributed by atoms with E-state index in [-0.39, 0.29) is 5.82 Å². The Labute approximate surface area is 119 Å². The molecule has 106 valence electrons. The summed E-state index contributed by atoms with van der Waals surface area (Å²) in [5.41, 5.74) is 7.80. The van der Waals surface area contributed by atoms with E-state index in [0.29, 0.717) is 0 Å². The molecule has 2 nitrogen and oxygen atoms in total. The smallest absolute Gasteiger partial charge is 0.123 e. The van der Waals surface area contributed by atoms with Gasteiger partial charge in [-0.1, -0.05) is 24.3 Å². The summed E-state index contributed by atoms with van der Waals surface area (Å²) < 4.78 is 18.4. The minimum absolute atomic E-state index is 0.247. The van der Waals surface area contributed by atoms with E-state index in [1.54, 1.807) is 13.2 Å². The van der Waals surface area contributed by atoms with Crippen molar-refractivity contribution < 1.29 is 9.13 Å². The Bertz CT molecular complexity index is 563. The molecule has 3 heteroatoms. The van der Waals surface area contributed by atoms with Crippen molar-refractivity contribution in [1.82, 2.24) is 0 Å². The molecule has 0 aliphatic rings. The molecule has 1 unspecified atom stereocenters. The molecule has 0 aliphatic heterocycles. The van der Waals surface area contributed by atoms with E-state index < -0.39 is 5.54 Å². The van der Waals surface area contributed by atoms with Crippen LogP contribution in [0, 0.1) is 5.82 Å². The zero-order valence-corrected chi connectivity index (χ0v) is 11.9. The summed E-state index contributed by atoms with van der Waals surface area (Å²) >= 11 is 0. The Morgan fingerprint density at radius 1 is 1.15 bits per heavy atom. The normalized spacial score (nSPS) is 13.8. The molecule has 0 aliphatic carbocycles. The van der Waals surface area contributed by atoms with E-state index in [2.05, 4.69) is 0 Å². The minimum Gasteiger partial charge on any atom is -0.497 e. The number of halogens is 1. The van der Waals surface area contributed by atoms with Crippen molar-refractivity contribution >= 4 is 0 Å². The first-order valence-corrected chi connectivity index (χ1v) is 6.69. The molecule has 0 aromatic heterocycles. The molecule has 0 bridgehead atoms. The van der Waals surface area contributed by atoms with Crippen molar-refractivity contribution in [1.29, 1.82) is 0 Å². The highest BCUT2D eigenvalue weighted by atomic mass is 19.1. The van der Waals surface area contributed by atoms with Crippen molar-refractivity contribution in [2.45, 2.75) is 25.3 Å². The third-order valence-electron chi connectivity index (χ3n) is 3.58. The van der Waals surface area contributed by atoms with Crippen LogP contribution in [0.5, 0.6) is 5.75 Å². The molecule has 0 amide bonds. The summed E-state index contributed by atoms with van der Waals surface area (Å²) in [6.07, 6.45) is 1.59. The average molecular weight is 273 g/mol. The second-order valence-electron chi connectivity index (χ2n) is 5.28. The van der Waals surface area contributed by atoms with Crippen molar-refractivity contribution in [2.75, 3.05) is 7.11 Å². The first-order valence-electron chi connectivity index (χ1n) is 6.69. The van der Waals surface area contributed by atoms with E-state index >= 15 is 0 Å². The number of rotatable bonds is 5. The maximum Gasteiger partial charge on any atom is 0.123 e. The fourth-order valence-corrected chi connectivity index (χ4v) is 2.18. The number of hydrogen-bond donors (Lipinski definition) is 1. The molecule has 20 heavy (non-hydrogen) atoms. The minimum atomic E-state index is -0.540. The topological polar surface area (TPSA) is 35.2 Å². The molecule has 2 aromatic carbocycles. The Balaban J connectivity index is 2.04. The van der Waals surface area contributed by atoms with Crippen LogP contribution in [0.3, 0.4) is 0 Å². The number of aryl methyl sites for hydroxylation is 1. The number of ether oxygens (including phenoxy) is 1. The molecule has 0 fully saturated rings. The highest BCUT2D eigenvalue weighted by Gasteiger charge is 2.21. The van der Waals surface area contributed by atoms with Crippen LogP contribution in [-0.4, -0.2) is 7.11 Å². The van der Waals surface area contributed by atoms with Crippen LogP contribution in [0.25, 0.3) is 0 Å². The highest BCUT2D eigenvalue weighted by molar-refractivity contribution is 5.28. The lowest BCUT2D eigenvalue weighted by molar-refractivity contribution is 0.414. The zero-order chi connectivity index (χ0) is 14.6. The fraction of sp³-hybridized carbons (Fsp3) is 0.294. The molecule has 0 spiro atoms. The van der Waals surface area contributed by atoms with Crippen LogP contribution in [0.2, 0.25) is 0 Å². The lowest BCUT2D eigenvalue weighted by atomic mass is 9.87. The van der Waals surface area contributed by atoms with Gasteiger partial charge in [-0.15, -0.1) is 0 Å². The van der Waals surface area contributed by atoms with Crippen molar-refractivity contribution in [3.63, 3.8) is 0 Å². The van der Waals surface area contributed by atoms with Crippen LogP contribution in [-0.2, 0) is 12.0 Å². The maximum absolute atomic E-state index is 13.3. The average Bonchev–Trinajstić information content (AvgIpc) is 2.46. The van der Waals surface area contributed by atoms with Crippen LogP contribution < -0.4 is 10.5 Å². The summed E-state index contributed by atoms with van der Waals surface area (Å²) in [4.78, 5) is 0. The Morgan fingerprint density at radius 3 is 2.45 bits per heavy atom. The monoisotopic (exact) mass is 273 g/mol. The SMILES string of the molecule is COc1ccc(CCC(C)(N)c2cccc(F)c2)cc1. The molecule has 0 saturated heterocycles. The Kier molecular flexibility index (Phi) is 4.40. The van der Waals surface area contributed by atoms with Gasteiger partial charge in [-0.3, -0.25) is 0 Å². The van der Waals surface area contributed by atoms with Gasteiger partial charge in [-0.25, -0.2) is 4.39 Å². The van der Waals surface area contributed by atoms with Gasteiger partial charge in [0.25, 0.3) is 0 Å². The molecule has 1 atom stereocenters. The van der Waals surface area contributed by atoms with Gasteiger partial charge in [0.2, 0.25) is 0 Å². The van der Waals surface area contributed by atoms with Gasteiger partial charge in [0.15, 0.2) is 0 Å². The van der Waals surface area contributed by atoms with Crippen LogP contribution in [0.15, 0.2) is 48.5 Å². The summed E-state index contributed by atoms with van der Waals surface area (Å²) in [7, 11) is 1.65. The third-order valence-corrected chi connectivity index (χ3v) is 3.58. The molecule has 0 saturated carbocycles. The molecule has 0 radical (unpaired) electrons. The molecule has 2 rings (SSSR count). The molecule has 2 aromatic rings. The van der Waals surface area contributed by atoms with Crippen LogP contribution in [0.4, 0.5) is 4.39 Å². The second-order valence-corrected chi connectivity index (χ2v) is 5.28. The number of hydrogen-bond acceptors (Lipinski definition) is 2. The predicted octanol–water partition coefficient (Wildman–Crippen LogP) is 3.64. The summed E-state index contributed by atoms with van der Waals surface area (Å²) in [5.74, 6) is 0.595. The Morgan fingerprint density at radius 2 is 1.85 bits per heavy atom. The van der Waals surface area contributed by atoms with Gasteiger partial charge in [0.1, 0.15) is 11.6 Å². The first kappa shape index (κ1) is 14.5. The van der Waals surface area contributed by atoms with E-state index in [4.69, 9.17) is 10.5 Å². The van der Waals surface area contributed by atoms with Gasteiger partial charge >= 0.3 is 0 Å². The second kappa shape index (κ2) is 6.06. The van der Waals surface area contributed by atoms with E-state index in [0.717, 1.165) is 24.2 Å². The lowest BCUT2D eigenvalue weighted by Crippen LogP contribution is -2.33. The largest absolute Gasteiger partial charge is 0.497 e. The third kappa shape index (κ3) is 3.58. The van der Waals surface area contributed by atoms with Gasteiger partial charge in [-0.2, -0.15) is 0 Å². The maximum atomic E-state index is 13.3. The van der Waals surface area contributed by atoms with Crippen LogP contribution >= 0.6 is 0 Å². The van der Waals surface area contributed by atoms with Crippen molar-refractivity contribution in [3.05, 3.63) is 65.5 Å². The van der Waals surface area contributed by atoms with Crippen LogP contribution in [0.1, 0.15) is 24.5 Å². The van der Waals surface area contributed by atoms with E-state index in [1.165, 1.54) is 17.7 Å². The summed E-state index contributed by atoms with van der Waals surface area (Å²) in [6.45, 7) is 1.94. The quantitative estimate of drug-likeness (QED) is 0.902. The molecular weight excluding hydrogens is 253 g/mol. The van der Waals surface area contributed by atoms with Crippen molar-refractivity contribution in [3.8, 4) is 5.75 Å². The molecule has 0 heterocycles.